The van der Waals surface area contributed by atoms with Crippen LogP contribution in [0.5, 0.6) is 5.75 Å². The number of aryl methyl sites for hydroxylation is 1. The molecule has 2 aliphatic rings. The van der Waals surface area contributed by atoms with E-state index in [0.29, 0.717) is 19.6 Å². The number of nitrogens with zero attached hydrogens (tertiary/aromatic N) is 3. The van der Waals surface area contributed by atoms with Gasteiger partial charge in [-0.05, 0) is 47.9 Å². The Labute approximate surface area is 206 Å². The average Bonchev–Trinajstić information content (AvgIpc) is 2.87. The monoisotopic (exact) mass is 473 g/mol. The van der Waals surface area contributed by atoms with E-state index in [9.17, 15) is 9.18 Å². The minimum Gasteiger partial charge on any atom is -0.489 e. The molecule has 3 aromatic rings. The van der Waals surface area contributed by atoms with Gasteiger partial charge in [-0.1, -0.05) is 48.5 Å². The van der Waals surface area contributed by atoms with E-state index < -0.39 is 0 Å². The minimum absolute atomic E-state index is 0.0786. The van der Waals surface area contributed by atoms with E-state index in [1.165, 1.54) is 17.7 Å². The van der Waals surface area contributed by atoms with Crippen LogP contribution in [0.2, 0.25) is 0 Å². The van der Waals surface area contributed by atoms with Crippen LogP contribution in [-0.2, 0) is 17.9 Å². The first-order valence-corrected chi connectivity index (χ1v) is 12.3. The van der Waals surface area contributed by atoms with Gasteiger partial charge in [0.1, 0.15) is 18.2 Å². The molecule has 182 valence electrons. The molecule has 0 aliphatic carbocycles. The SMILES string of the molecule is Cc1ccc2c(c1)OC[C@@H](CC(=O)N1CCN(Cc3ccccc3)CC1)N2Cc1ccc(F)cc1. The van der Waals surface area contributed by atoms with Crippen LogP contribution in [0.25, 0.3) is 0 Å². The Morgan fingerprint density at radius 2 is 1.63 bits per heavy atom. The Kier molecular flexibility index (Phi) is 7.00. The highest BCUT2D eigenvalue weighted by atomic mass is 19.1. The number of benzene rings is 3. The second-order valence-electron chi connectivity index (χ2n) is 9.54. The summed E-state index contributed by atoms with van der Waals surface area (Å²) in [5.74, 6) is 0.757. The van der Waals surface area contributed by atoms with E-state index in [0.717, 1.165) is 55.3 Å². The number of hydrogen-bond donors (Lipinski definition) is 0. The molecule has 0 spiro atoms. The van der Waals surface area contributed by atoms with Gasteiger partial charge in [0, 0.05) is 39.3 Å². The van der Waals surface area contributed by atoms with Crippen molar-refractivity contribution in [3.8, 4) is 5.75 Å². The number of halogens is 1. The molecular weight excluding hydrogens is 441 g/mol. The standard InChI is InChI=1S/C29H32FN3O2/c1-22-7-12-27-28(17-22)35-21-26(33(27)20-24-8-10-25(30)11-9-24)18-29(34)32-15-13-31(14-16-32)19-23-5-3-2-4-6-23/h2-12,17,26H,13-16,18-21H2,1H3/t26-/m1/s1. The molecule has 6 heteroatoms. The number of amides is 1. The summed E-state index contributed by atoms with van der Waals surface area (Å²) in [5, 5.41) is 0. The third-order valence-corrected chi connectivity index (χ3v) is 6.95. The van der Waals surface area contributed by atoms with Crippen LogP contribution in [0.3, 0.4) is 0 Å². The fraction of sp³-hybridized carbons (Fsp3) is 0.345. The van der Waals surface area contributed by atoms with Crippen molar-refractivity contribution >= 4 is 11.6 Å². The minimum atomic E-state index is -0.245. The van der Waals surface area contributed by atoms with E-state index in [1.807, 2.05) is 36.1 Å². The molecule has 3 aromatic carbocycles. The highest BCUT2D eigenvalue weighted by Crippen LogP contribution is 2.36. The lowest BCUT2D eigenvalue weighted by atomic mass is 10.0. The summed E-state index contributed by atoms with van der Waals surface area (Å²) in [6, 6.07) is 23.1. The predicted octanol–water partition coefficient (Wildman–Crippen LogP) is 4.64. The van der Waals surface area contributed by atoms with Crippen LogP contribution in [0, 0.1) is 12.7 Å². The van der Waals surface area contributed by atoms with Crippen molar-refractivity contribution in [2.45, 2.75) is 32.5 Å². The maximum absolute atomic E-state index is 13.5. The number of hydrogen-bond acceptors (Lipinski definition) is 4. The summed E-state index contributed by atoms with van der Waals surface area (Å²) in [4.78, 5) is 20.0. The second-order valence-corrected chi connectivity index (χ2v) is 9.54. The molecule has 1 amide bonds. The van der Waals surface area contributed by atoms with Crippen LogP contribution < -0.4 is 9.64 Å². The van der Waals surface area contributed by atoms with E-state index in [4.69, 9.17) is 4.74 Å². The Morgan fingerprint density at radius 3 is 2.37 bits per heavy atom. The van der Waals surface area contributed by atoms with E-state index in [2.05, 4.69) is 46.2 Å². The first kappa shape index (κ1) is 23.4. The fourth-order valence-corrected chi connectivity index (χ4v) is 4.94. The predicted molar refractivity (Wildman–Crippen MR) is 136 cm³/mol. The molecule has 5 nitrogen and oxygen atoms in total. The van der Waals surface area contributed by atoms with Gasteiger partial charge in [0.25, 0.3) is 0 Å². The zero-order valence-electron chi connectivity index (χ0n) is 20.2. The average molecular weight is 474 g/mol. The van der Waals surface area contributed by atoms with Crippen molar-refractivity contribution in [3.63, 3.8) is 0 Å². The molecule has 1 atom stereocenters. The molecule has 2 heterocycles. The molecule has 0 N–H and O–H groups in total. The molecule has 5 rings (SSSR count). The van der Waals surface area contributed by atoms with Crippen molar-refractivity contribution in [1.82, 2.24) is 9.80 Å². The molecule has 0 aromatic heterocycles. The lowest BCUT2D eigenvalue weighted by molar-refractivity contribution is -0.133. The highest BCUT2D eigenvalue weighted by molar-refractivity contribution is 5.78. The van der Waals surface area contributed by atoms with Gasteiger partial charge in [-0.2, -0.15) is 0 Å². The van der Waals surface area contributed by atoms with Crippen molar-refractivity contribution in [3.05, 3.63) is 95.3 Å². The van der Waals surface area contributed by atoms with Crippen molar-refractivity contribution in [2.24, 2.45) is 0 Å². The summed E-state index contributed by atoms with van der Waals surface area (Å²) in [6.45, 7) is 7.26. The third kappa shape index (κ3) is 5.65. The van der Waals surface area contributed by atoms with Crippen molar-refractivity contribution < 1.29 is 13.9 Å². The number of piperazine rings is 1. The lowest BCUT2D eigenvalue weighted by Gasteiger charge is -2.40. The first-order valence-electron chi connectivity index (χ1n) is 12.3. The fourth-order valence-electron chi connectivity index (χ4n) is 4.94. The number of rotatable bonds is 6. The number of ether oxygens (including phenoxy) is 1. The molecular formula is C29H32FN3O2. The molecule has 0 unspecified atom stereocenters. The topological polar surface area (TPSA) is 36.0 Å². The smallest absolute Gasteiger partial charge is 0.224 e. The van der Waals surface area contributed by atoms with Gasteiger partial charge in [0.2, 0.25) is 5.91 Å². The normalized spacial score (nSPS) is 18.2. The quantitative estimate of drug-likeness (QED) is 0.523. The van der Waals surface area contributed by atoms with Crippen LogP contribution in [-0.4, -0.2) is 54.5 Å². The molecule has 2 aliphatic heterocycles. The Hall–Kier alpha value is -3.38. The molecule has 0 saturated carbocycles. The second kappa shape index (κ2) is 10.5. The van der Waals surface area contributed by atoms with E-state index >= 15 is 0 Å². The van der Waals surface area contributed by atoms with Gasteiger partial charge in [-0.25, -0.2) is 4.39 Å². The third-order valence-electron chi connectivity index (χ3n) is 6.95. The summed E-state index contributed by atoms with van der Waals surface area (Å²) in [5.41, 5.74) is 4.42. The summed E-state index contributed by atoms with van der Waals surface area (Å²) in [7, 11) is 0. The Balaban J connectivity index is 1.25. The van der Waals surface area contributed by atoms with Crippen LogP contribution in [0.15, 0.2) is 72.8 Å². The molecule has 1 fully saturated rings. The summed E-state index contributed by atoms with van der Waals surface area (Å²) < 4.78 is 19.6. The van der Waals surface area contributed by atoms with Gasteiger partial charge in [-0.15, -0.1) is 0 Å². The largest absolute Gasteiger partial charge is 0.489 e. The van der Waals surface area contributed by atoms with Crippen molar-refractivity contribution in [1.29, 1.82) is 0 Å². The number of anilines is 1. The number of carbonyl (C=O) groups is 1. The molecule has 0 radical (unpaired) electrons. The van der Waals surface area contributed by atoms with Gasteiger partial charge < -0.3 is 14.5 Å². The maximum atomic E-state index is 13.5. The lowest BCUT2D eigenvalue weighted by Crippen LogP contribution is -2.51. The van der Waals surface area contributed by atoms with E-state index in [1.54, 1.807) is 0 Å². The summed E-state index contributed by atoms with van der Waals surface area (Å²) in [6.07, 6.45) is 0.396. The van der Waals surface area contributed by atoms with Crippen LogP contribution >= 0.6 is 0 Å². The van der Waals surface area contributed by atoms with Gasteiger partial charge in [0.05, 0.1) is 18.2 Å². The van der Waals surface area contributed by atoms with Gasteiger partial charge >= 0.3 is 0 Å². The summed E-state index contributed by atoms with van der Waals surface area (Å²) >= 11 is 0. The van der Waals surface area contributed by atoms with Gasteiger partial charge in [-0.3, -0.25) is 9.69 Å². The molecule has 0 bridgehead atoms. The van der Waals surface area contributed by atoms with E-state index in [-0.39, 0.29) is 17.8 Å². The van der Waals surface area contributed by atoms with Gasteiger partial charge in [0.15, 0.2) is 0 Å². The number of fused-ring (bicyclic) bond motifs is 1. The molecule has 35 heavy (non-hydrogen) atoms. The van der Waals surface area contributed by atoms with Crippen molar-refractivity contribution in [2.75, 3.05) is 37.7 Å². The molecule has 1 saturated heterocycles. The zero-order valence-corrected chi connectivity index (χ0v) is 20.2. The Morgan fingerprint density at radius 1 is 0.914 bits per heavy atom. The van der Waals surface area contributed by atoms with Crippen LogP contribution in [0.4, 0.5) is 10.1 Å². The highest BCUT2D eigenvalue weighted by Gasteiger charge is 2.32. The van der Waals surface area contributed by atoms with Crippen LogP contribution in [0.1, 0.15) is 23.1 Å². The maximum Gasteiger partial charge on any atom is 0.224 e. The Bertz CT molecular complexity index is 1140. The number of carbonyl (C=O) groups excluding carboxylic acids is 1. The zero-order chi connectivity index (χ0) is 24.2. The first-order chi connectivity index (χ1) is 17.0.